The van der Waals surface area contributed by atoms with Crippen molar-refractivity contribution in [2.24, 2.45) is 0 Å². The molecule has 2 heterocycles. The lowest BCUT2D eigenvalue weighted by atomic mass is 10.0. The summed E-state index contributed by atoms with van der Waals surface area (Å²) in [5.41, 5.74) is 1.32. The lowest BCUT2D eigenvalue weighted by Gasteiger charge is -2.33. The van der Waals surface area contributed by atoms with Gasteiger partial charge in [0.2, 0.25) is 0 Å². The zero-order valence-electron chi connectivity index (χ0n) is 13.5. The first-order valence-electron chi connectivity index (χ1n) is 7.96. The van der Waals surface area contributed by atoms with Gasteiger partial charge < -0.3 is 15.5 Å². The predicted octanol–water partition coefficient (Wildman–Crippen LogP) is 2.57. The molecule has 1 saturated heterocycles. The fourth-order valence-corrected chi connectivity index (χ4v) is 3.12. The minimum absolute atomic E-state index is 0.0666. The smallest absolute Gasteiger partial charge is 0.253 e. The van der Waals surface area contributed by atoms with E-state index in [1.807, 2.05) is 6.07 Å². The van der Waals surface area contributed by atoms with Crippen LogP contribution in [0.5, 0.6) is 0 Å². The first kappa shape index (κ1) is 16.5. The number of amides is 1. The summed E-state index contributed by atoms with van der Waals surface area (Å²) in [5.74, 6) is 0.725. The molecule has 126 valence electrons. The molecule has 1 amide bonds. The number of halogens is 1. The summed E-state index contributed by atoms with van der Waals surface area (Å²) in [7, 11) is 1.79. The fraction of sp³-hybridized carbons (Fsp3) is 0.353. The van der Waals surface area contributed by atoms with Gasteiger partial charge in [0.25, 0.3) is 5.91 Å². The molecular weight excluding hydrogens is 326 g/mol. The highest BCUT2D eigenvalue weighted by Gasteiger charge is 2.23. The van der Waals surface area contributed by atoms with Gasteiger partial charge in [0.05, 0.1) is 11.8 Å². The molecule has 0 aliphatic carbocycles. The Kier molecular flexibility index (Phi) is 5.15. The van der Waals surface area contributed by atoms with Crippen LogP contribution >= 0.6 is 11.6 Å². The number of hydrogen-bond donors (Lipinski definition) is 2. The minimum atomic E-state index is -0.118. The summed E-state index contributed by atoms with van der Waals surface area (Å²) in [4.78, 5) is 23.2. The third kappa shape index (κ3) is 3.76. The van der Waals surface area contributed by atoms with Gasteiger partial charge in [-0.3, -0.25) is 9.78 Å². The molecule has 0 spiro atoms. The van der Waals surface area contributed by atoms with Gasteiger partial charge in [-0.2, -0.15) is 0 Å². The third-order valence-electron chi connectivity index (χ3n) is 4.13. The van der Waals surface area contributed by atoms with Crippen molar-refractivity contribution in [2.45, 2.75) is 18.9 Å². The summed E-state index contributed by atoms with van der Waals surface area (Å²) in [6, 6.07) is 5.33. The number of benzene rings is 1. The van der Waals surface area contributed by atoms with Crippen LogP contribution in [0.1, 0.15) is 23.2 Å². The average molecular weight is 346 g/mol. The third-order valence-corrected chi connectivity index (χ3v) is 4.36. The summed E-state index contributed by atoms with van der Waals surface area (Å²) >= 11 is 6.03. The highest BCUT2D eigenvalue weighted by molar-refractivity contribution is 6.31. The van der Waals surface area contributed by atoms with Crippen LogP contribution in [0, 0.1) is 0 Å². The Labute approximate surface area is 146 Å². The van der Waals surface area contributed by atoms with Crippen molar-refractivity contribution in [2.75, 3.05) is 30.4 Å². The molecule has 0 bridgehead atoms. The van der Waals surface area contributed by atoms with Gasteiger partial charge in [0.1, 0.15) is 5.82 Å². The Hall–Kier alpha value is -2.34. The molecular formula is C17H20ClN5O. The normalized spacial score (nSPS) is 17.4. The van der Waals surface area contributed by atoms with Crippen LogP contribution in [0.25, 0.3) is 0 Å². The number of nitrogens with one attached hydrogen (secondary N) is 2. The quantitative estimate of drug-likeness (QED) is 0.891. The second kappa shape index (κ2) is 7.49. The number of piperidine rings is 1. The van der Waals surface area contributed by atoms with Gasteiger partial charge >= 0.3 is 0 Å². The number of carbonyl (C=O) groups is 1. The first-order valence-corrected chi connectivity index (χ1v) is 8.34. The Balaban J connectivity index is 1.69. The first-order chi connectivity index (χ1) is 11.7. The van der Waals surface area contributed by atoms with E-state index in [0.29, 0.717) is 10.6 Å². The maximum atomic E-state index is 12.6. The molecule has 6 nitrogen and oxygen atoms in total. The number of aromatic nitrogens is 2. The molecule has 24 heavy (non-hydrogen) atoms. The molecule has 7 heteroatoms. The summed E-state index contributed by atoms with van der Waals surface area (Å²) < 4.78 is 0. The molecule has 1 aromatic carbocycles. The lowest BCUT2D eigenvalue weighted by molar-refractivity contribution is 0.0934. The van der Waals surface area contributed by atoms with E-state index in [2.05, 4.69) is 25.5 Å². The van der Waals surface area contributed by atoms with Gasteiger partial charge in [-0.25, -0.2) is 4.98 Å². The molecule has 1 aromatic heterocycles. The van der Waals surface area contributed by atoms with Crippen molar-refractivity contribution in [1.29, 1.82) is 0 Å². The van der Waals surface area contributed by atoms with Gasteiger partial charge in [-0.05, 0) is 31.0 Å². The number of anilines is 2. The topological polar surface area (TPSA) is 70.2 Å². The average Bonchev–Trinajstić information content (AvgIpc) is 2.62. The predicted molar refractivity (Wildman–Crippen MR) is 95.7 cm³/mol. The van der Waals surface area contributed by atoms with E-state index < -0.39 is 0 Å². The Bertz CT molecular complexity index is 709. The van der Waals surface area contributed by atoms with Crippen molar-refractivity contribution in [1.82, 2.24) is 15.3 Å². The number of nitrogens with zero attached hydrogens (tertiary/aromatic N) is 3. The second-order valence-corrected chi connectivity index (χ2v) is 6.20. The Morgan fingerprint density at radius 2 is 2.25 bits per heavy atom. The summed E-state index contributed by atoms with van der Waals surface area (Å²) in [6.45, 7) is 1.64. The lowest BCUT2D eigenvalue weighted by Crippen LogP contribution is -2.48. The standard InChI is InChI=1S/C17H20ClN5O/c1-19-15-5-4-12(18)9-14(15)17(24)22-13-3-2-8-23(11-13)16-10-20-6-7-21-16/h4-7,9-10,13,19H,2-3,8,11H2,1H3,(H,22,24)/t13-/m0/s1. The van der Waals surface area contributed by atoms with E-state index in [1.165, 1.54) is 0 Å². The molecule has 0 saturated carbocycles. The van der Waals surface area contributed by atoms with E-state index in [0.717, 1.165) is 37.4 Å². The van der Waals surface area contributed by atoms with Crippen molar-refractivity contribution in [3.05, 3.63) is 47.4 Å². The Morgan fingerprint density at radius 3 is 3.00 bits per heavy atom. The minimum Gasteiger partial charge on any atom is -0.387 e. The van der Waals surface area contributed by atoms with Crippen LogP contribution in [0.3, 0.4) is 0 Å². The SMILES string of the molecule is CNc1ccc(Cl)cc1C(=O)N[C@H]1CCCN(c2cnccn2)C1. The van der Waals surface area contributed by atoms with Crippen LogP contribution in [-0.4, -0.2) is 42.1 Å². The second-order valence-electron chi connectivity index (χ2n) is 5.76. The molecule has 1 aliphatic heterocycles. The van der Waals surface area contributed by atoms with E-state index in [9.17, 15) is 4.79 Å². The molecule has 2 N–H and O–H groups in total. The summed E-state index contributed by atoms with van der Waals surface area (Å²) in [6.07, 6.45) is 7.03. The number of hydrogen-bond acceptors (Lipinski definition) is 5. The van der Waals surface area contributed by atoms with Crippen LogP contribution in [-0.2, 0) is 0 Å². The van der Waals surface area contributed by atoms with Gasteiger partial charge in [-0.15, -0.1) is 0 Å². The van der Waals surface area contributed by atoms with Gasteiger partial charge in [0, 0.05) is 49.3 Å². The molecule has 0 radical (unpaired) electrons. The van der Waals surface area contributed by atoms with Crippen LogP contribution in [0.15, 0.2) is 36.8 Å². The molecule has 3 rings (SSSR count). The zero-order chi connectivity index (χ0) is 16.9. The molecule has 1 aliphatic rings. The number of carbonyl (C=O) groups excluding carboxylic acids is 1. The zero-order valence-corrected chi connectivity index (χ0v) is 14.3. The molecule has 1 fully saturated rings. The van der Waals surface area contributed by atoms with Crippen molar-refractivity contribution in [3.63, 3.8) is 0 Å². The van der Waals surface area contributed by atoms with E-state index in [1.54, 1.807) is 37.8 Å². The van der Waals surface area contributed by atoms with E-state index in [4.69, 9.17) is 11.6 Å². The number of rotatable bonds is 4. The van der Waals surface area contributed by atoms with E-state index >= 15 is 0 Å². The monoisotopic (exact) mass is 345 g/mol. The van der Waals surface area contributed by atoms with Gasteiger partial charge in [-0.1, -0.05) is 11.6 Å². The highest BCUT2D eigenvalue weighted by atomic mass is 35.5. The van der Waals surface area contributed by atoms with Crippen molar-refractivity contribution >= 4 is 29.0 Å². The van der Waals surface area contributed by atoms with Crippen LogP contribution < -0.4 is 15.5 Å². The van der Waals surface area contributed by atoms with Crippen LogP contribution in [0.2, 0.25) is 5.02 Å². The van der Waals surface area contributed by atoms with Crippen LogP contribution in [0.4, 0.5) is 11.5 Å². The Morgan fingerprint density at radius 1 is 1.38 bits per heavy atom. The molecule has 0 unspecified atom stereocenters. The molecule has 2 aromatic rings. The largest absolute Gasteiger partial charge is 0.387 e. The highest BCUT2D eigenvalue weighted by Crippen LogP contribution is 2.21. The van der Waals surface area contributed by atoms with Gasteiger partial charge in [0.15, 0.2) is 0 Å². The molecule has 1 atom stereocenters. The van der Waals surface area contributed by atoms with E-state index in [-0.39, 0.29) is 11.9 Å². The van der Waals surface area contributed by atoms with Crippen molar-refractivity contribution < 1.29 is 4.79 Å². The maximum Gasteiger partial charge on any atom is 0.253 e. The maximum absolute atomic E-state index is 12.6. The summed E-state index contributed by atoms with van der Waals surface area (Å²) in [5, 5.41) is 6.68. The fourth-order valence-electron chi connectivity index (χ4n) is 2.94. The van der Waals surface area contributed by atoms with Crippen molar-refractivity contribution in [3.8, 4) is 0 Å².